The quantitative estimate of drug-likeness (QED) is 0.141. The smallest absolute Gasteiger partial charge is 0.327 e. The van der Waals surface area contributed by atoms with Crippen LogP contribution in [0.25, 0.3) is 0 Å². The minimum Gasteiger partial charge on any atom is -0.481 e. The molecule has 7 N–H and O–H groups in total. The number of aliphatic imine (C=N–C) groups is 1. The van der Waals surface area contributed by atoms with Gasteiger partial charge in [-0.15, -0.1) is 0 Å². The van der Waals surface area contributed by atoms with Crippen molar-refractivity contribution in [3.8, 4) is 11.8 Å². The molecule has 0 aliphatic carbocycles. The second-order valence-electron chi connectivity index (χ2n) is 7.46. The number of aliphatic carboxylic acids is 2. The van der Waals surface area contributed by atoms with Gasteiger partial charge in [-0.25, -0.2) is 4.79 Å². The molecule has 11 heteroatoms. The maximum Gasteiger partial charge on any atom is 0.327 e. The fraction of sp³-hybridized carbons (Fsp3) is 0.409. The zero-order valence-corrected chi connectivity index (χ0v) is 18.7. The number of hydrogen-bond donors (Lipinski definition) is 5. The minimum absolute atomic E-state index is 0.0716. The Morgan fingerprint density at radius 2 is 1.79 bits per heavy atom. The third-order valence-electron chi connectivity index (χ3n) is 4.37. The lowest BCUT2D eigenvalue weighted by molar-refractivity contribution is -0.142. The first-order valence-electron chi connectivity index (χ1n) is 10.1. The number of hydrogen-bond acceptors (Lipinski definition) is 5. The summed E-state index contributed by atoms with van der Waals surface area (Å²) in [5, 5.41) is 21.4. The molecule has 1 aromatic rings. The highest BCUT2D eigenvalue weighted by atomic mass is 16.4. The van der Waals surface area contributed by atoms with Crippen molar-refractivity contribution in [3.63, 3.8) is 0 Å². The summed E-state index contributed by atoms with van der Waals surface area (Å²) in [5.74, 6) is 1.02. The van der Waals surface area contributed by atoms with Gasteiger partial charge in [-0.1, -0.05) is 37.8 Å². The second kappa shape index (κ2) is 12.7. The fourth-order valence-corrected chi connectivity index (χ4v) is 3.08. The Hall–Kier alpha value is -4.07. The van der Waals surface area contributed by atoms with Gasteiger partial charge in [-0.3, -0.25) is 24.3 Å². The molecule has 0 aliphatic heterocycles. The average molecular weight is 460 g/mol. The SMILES string of the molecule is CC(=O)N[C@@H](CC(=O)O)C(=O)N(c1ccccc1C#CCCN=C(N)N)[C@H](C(=O)O)C(C)C. The number of anilines is 1. The number of guanidine groups is 1. The van der Waals surface area contributed by atoms with Crippen molar-refractivity contribution < 1.29 is 29.4 Å². The third-order valence-corrected chi connectivity index (χ3v) is 4.37. The molecule has 0 saturated heterocycles. The van der Waals surface area contributed by atoms with E-state index in [-0.39, 0.29) is 18.2 Å². The van der Waals surface area contributed by atoms with E-state index in [1.807, 2.05) is 0 Å². The van der Waals surface area contributed by atoms with Crippen LogP contribution >= 0.6 is 0 Å². The molecule has 0 spiro atoms. The van der Waals surface area contributed by atoms with Gasteiger partial charge in [-0.2, -0.15) is 0 Å². The highest BCUT2D eigenvalue weighted by molar-refractivity contribution is 6.05. The predicted molar refractivity (Wildman–Crippen MR) is 122 cm³/mol. The number of para-hydroxylation sites is 1. The molecule has 0 unspecified atom stereocenters. The van der Waals surface area contributed by atoms with Crippen molar-refractivity contribution in [2.45, 2.75) is 45.7 Å². The molecule has 0 aliphatic rings. The lowest BCUT2D eigenvalue weighted by Gasteiger charge is -2.34. The first-order chi connectivity index (χ1) is 15.5. The van der Waals surface area contributed by atoms with E-state index in [0.717, 1.165) is 11.8 Å². The van der Waals surface area contributed by atoms with E-state index in [4.69, 9.17) is 11.5 Å². The lowest BCUT2D eigenvalue weighted by Crippen LogP contribution is -2.56. The average Bonchev–Trinajstić information content (AvgIpc) is 2.69. The Balaban J connectivity index is 3.56. The molecule has 2 atom stereocenters. The number of nitrogens with one attached hydrogen (secondary N) is 1. The molecule has 1 aromatic carbocycles. The summed E-state index contributed by atoms with van der Waals surface area (Å²) >= 11 is 0. The van der Waals surface area contributed by atoms with Gasteiger partial charge in [0.05, 0.1) is 18.7 Å². The zero-order valence-electron chi connectivity index (χ0n) is 18.7. The molecule has 0 fully saturated rings. The Morgan fingerprint density at radius 1 is 1.15 bits per heavy atom. The van der Waals surface area contributed by atoms with Crippen LogP contribution in [0.3, 0.4) is 0 Å². The van der Waals surface area contributed by atoms with E-state index < -0.39 is 48.2 Å². The van der Waals surface area contributed by atoms with Gasteiger partial charge in [0, 0.05) is 18.9 Å². The zero-order chi connectivity index (χ0) is 25.1. The molecule has 11 nitrogen and oxygen atoms in total. The van der Waals surface area contributed by atoms with Crippen molar-refractivity contribution in [2.24, 2.45) is 22.4 Å². The highest BCUT2D eigenvalue weighted by Crippen LogP contribution is 2.27. The molecule has 33 heavy (non-hydrogen) atoms. The van der Waals surface area contributed by atoms with Crippen LogP contribution in [0, 0.1) is 17.8 Å². The maximum absolute atomic E-state index is 13.5. The summed E-state index contributed by atoms with van der Waals surface area (Å²) in [7, 11) is 0. The van der Waals surface area contributed by atoms with Gasteiger partial charge in [0.2, 0.25) is 5.91 Å². The van der Waals surface area contributed by atoms with Crippen LogP contribution < -0.4 is 21.7 Å². The number of amides is 2. The molecule has 178 valence electrons. The molecule has 2 amide bonds. The van der Waals surface area contributed by atoms with E-state index >= 15 is 0 Å². The molecule has 0 heterocycles. The molecular weight excluding hydrogens is 430 g/mol. The lowest BCUT2D eigenvalue weighted by atomic mass is 9.98. The largest absolute Gasteiger partial charge is 0.481 e. The normalized spacial score (nSPS) is 12.0. The highest BCUT2D eigenvalue weighted by Gasteiger charge is 2.38. The topological polar surface area (TPSA) is 188 Å². The van der Waals surface area contributed by atoms with Crippen LogP contribution in [0.5, 0.6) is 0 Å². The summed E-state index contributed by atoms with van der Waals surface area (Å²) < 4.78 is 0. The van der Waals surface area contributed by atoms with E-state index in [9.17, 15) is 29.4 Å². The van der Waals surface area contributed by atoms with Crippen LogP contribution in [0.4, 0.5) is 5.69 Å². The molecule has 0 bridgehead atoms. The number of carbonyl (C=O) groups excluding carboxylic acids is 2. The Labute approximate surface area is 191 Å². The number of nitrogens with zero attached hydrogens (tertiary/aromatic N) is 2. The van der Waals surface area contributed by atoms with Crippen molar-refractivity contribution >= 4 is 35.4 Å². The van der Waals surface area contributed by atoms with Crippen molar-refractivity contribution in [1.82, 2.24) is 5.32 Å². The standard InChI is InChI=1S/C22H29N5O6/c1-13(2)19(21(32)33)27(20(31)16(12-18(29)30)26-14(3)28)17-10-5-4-8-15(17)9-6-7-11-25-22(23)24/h4-5,8,10,13,16,19H,7,11-12H2,1-3H3,(H,26,28)(H,29,30)(H,32,33)(H4,23,24,25)/t16-,19-/m0/s1. The summed E-state index contributed by atoms with van der Waals surface area (Å²) in [6.45, 7) is 4.63. The summed E-state index contributed by atoms with van der Waals surface area (Å²) in [5.41, 5.74) is 11.1. The predicted octanol–water partition coefficient (Wildman–Crippen LogP) is 0.123. The van der Waals surface area contributed by atoms with Crippen LogP contribution in [0.1, 0.15) is 39.2 Å². The molecule has 0 aromatic heterocycles. The Morgan fingerprint density at radius 3 is 2.30 bits per heavy atom. The molecule has 0 radical (unpaired) electrons. The first-order valence-corrected chi connectivity index (χ1v) is 10.1. The van der Waals surface area contributed by atoms with Gasteiger partial charge in [0.25, 0.3) is 5.91 Å². The van der Waals surface area contributed by atoms with Crippen LogP contribution in [0.15, 0.2) is 29.3 Å². The van der Waals surface area contributed by atoms with Gasteiger partial charge in [0.1, 0.15) is 12.1 Å². The second-order valence-corrected chi connectivity index (χ2v) is 7.46. The summed E-state index contributed by atoms with van der Waals surface area (Å²) in [6, 6.07) is 3.58. The fourth-order valence-electron chi connectivity index (χ4n) is 3.08. The Bertz CT molecular complexity index is 959. The van der Waals surface area contributed by atoms with E-state index in [1.54, 1.807) is 32.0 Å². The molecular formula is C22H29N5O6. The monoisotopic (exact) mass is 459 g/mol. The van der Waals surface area contributed by atoms with Crippen molar-refractivity contribution in [1.29, 1.82) is 0 Å². The van der Waals surface area contributed by atoms with Crippen LogP contribution in [-0.4, -0.2) is 58.6 Å². The maximum atomic E-state index is 13.5. The molecule has 0 saturated carbocycles. The Kier molecular flexibility index (Phi) is 10.4. The van der Waals surface area contributed by atoms with Gasteiger partial charge in [0.15, 0.2) is 5.96 Å². The molecule has 1 rings (SSSR count). The number of carboxylic acid groups (broad SMARTS) is 2. The number of rotatable bonds is 10. The van der Waals surface area contributed by atoms with E-state index in [0.29, 0.717) is 12.0 Å². The van der Waals surface area contributed by atoms with Gasteiger partial charge < -0.3 is 27.0 Å². The van der Waals surface area contributed by atoms with Gasteiger partial charge in [-0.05, 0) is 18.1 Å². The third kappa shape index (κ3) is 8.53. The summed E-state index contributed by atoms with van der Waals surface area (Å²) in [4.78, 5) is 53.3. The van der Waals surface area contributed by atoms with E-state index in [1.165, 1.54) is 6.07 Å². The number of carboxylic acids is 2. The van der Waals surface area contributed by atoms with Crippen molar-refractivity contribution in [3.05, 3.63) is 29.8 Å². The van der Waals surface area contributed by atoms with Crippen LogP contribution in [-0.2, 0) is 19.2 Å². The van der Waals surface area contributed by atoms with E-state index in [2.05, 4.69) is 22.2 Å². The van der Waals surface area contributed by atoms with Crippen molar-refractivity contribution in [2.75, 3.05) is 11.4 Å². The number of nitrogens with two attached hydrogens (primary N) is 2. The number of carbonyl (C=O) groups is 4. The summed E-state index contributed by atoms with van der Waals surface area (Å²) in [6.07, 6.45) is -0.411. The first kappa shape index (κ1) is 27.0. The van der Waals surface area contributed by atoms with Crippen LogP contribution in [0.2, 0.25) is 0 Å². The minimum atomic E-state index is -1.47. The number of benzene rings is 1. The van der Waals surface area contributed by atoms with Gasteiger partial charge >= 0.3 is 11.9 Å².